The van der Waals surface area contributed by atoms with Crippen LogP contribution in [0.15, 0.2) is 60.9 Å². The minimum absolute atomic E-state index is 0.166. The number of anilines is 1. The zero-order valence-corrected chi connectivity index (χ0v) is 16.1. The summed E-state index contributed by atoms with van der Waals surface area (Å²) in [5.74, 6) is -1.08. The Morgan fingerprint density at radius 2 is 1.66 bits per heavy atom. The molecule has 0 unspecified atom stereocenters. The SMILES string of the molecule is Cc1ccc(C)c(NC(=O)c2ccc3c(c2)C(=O)N(Cc2ccncc2)C3=O)c1. The molecular weight excluding hydrogens is 366 g/mol. The van der Waals surface area contributed by atoms with Gasteiger partial charge in [0, 0.05) is 23.6 Å². The number of aryl methyl sites for hydroxylation is 2. The Morgan fingerprint density at radius 1 is 0.931 bits per heavy atom. The molecule has 1 aliphatic rings. The molecule has 3 amide bonds. The van der Waals surface area contributed by atoms with Crippen molar-refractivity contribution in [3.8, 4) is 0 Å². The number of aromatic nitrogens is 1. The molecule has 0 bridgehead atoms. The standard InChI is InChI=1S/C23H19N3O3/c1-14-3-4-15(2)20(11-14)25-21(27)17-5-6-18-19(12-17)23(29)26(22(18)28)13-16-7-9-24-10-8-16/h3-12H,13H2,1-2H3,(H,25,27). The van der Waals surface area contributed by atoms with E-state index in [0.717, 1.165) is 22.4 Å². The maximum atomic E-state index is 12.8. The lowest BCUT2D eigenvalue weighted by Gasteiger charge is -2.13. The largest absolute Gasteiger partial charge is 0.322 e. The highest BCUT2D eigenvalue weighted by molar-refractivity contribution is 6.22. The van der Waals surface area contributed by atoms with E-state index < -0.39 is 5.91 Å². The highest BCUT2D eigenvalue weighted by Gasteiger charge is 2.36. The van der Waals surface area contributed by atoms with Gasteiger partial charge in [0.25, 0.3) is 17.7 Å². The summed E-state index contributed by atoms with van der Waals surface area (Å²) in [7, 11) is 0. The van der Waals surface area contributed by atoms with E-state index in [9.17, 15) is 14.4 Å². The second-order valence-electron chi connectivity index (χ2n) is 7.08. The van der Waals surface area contributed by atoms with E-state index in [1.807, 2.05) is 32.0 Å². The molecule has 0 atom stereocenters. The lowest BCUT2D eigenvalue weighted by atomic mass is 10.0. The second-order valence-corrected chi connectivity index (χ2v) is 7.08. The van der Waals surface area contributed by atoms with Gasteiger partial charge in [-0.3, -0.25) is 24.3 Å². The molecule has 0 fully saturated rings. The first-order valence-corrected chi connectivity index (χ1v) is 9.22. The van der Waals surface area contributed by atoms with Crippen LogP contribution in [-0.2, 0) is 6.54 Å². The van der Waals surface area contributed by atoms with Crippen molar-refractivity contribution >= 4 is 23.4 Å². The van der Waals surface area contributed by atoms with Gasteiger partial charge in [-0.05, 0) is 66.9 Å². The van der Waals surface area contributed by atoms with Gasteiger partial charge in [0.05, 0.1) is 17.7 Å². The third-order valence-corrected chi connectivity index (χ3v) is 4.96. The highest BCUT2D eigenvalue weighted by Crippen LogP contribution is 2.26. The van der Waals surface area contributed by atoms with E-state index in [0.29, 0.717) is 11.1 Å². The molecule has 1 N–H and O–H groups in total. The molecular formula is C23H19N3O3. The molecule has 144 valence electrons. The van der Waals surface area contributed by atoms with Gasteiger partial charge in [-0.1, -0.05) is 12.1 Å². The smallest absolute Gasteiger partial charge is 0.261 e. The van der Waals surface area contributed by atoms with Crippen LogP contribution < -0.4 is 5.32 Å². The van der Waals surface area contributed by atoms with Crippen molar-refractivity contribution in [2.24, 2.45) is 0 Å². The molecule has 2 aromatic carbocycles. The molecule has 0 saturated heterocycles. The van der Waals surface area contributed by atoms with Gasteiger partial charge in [-0.2, -0.15) is 0 Å². The number of hydrogen-bond donors (Lipinski definition) is 1. The van der Waals surface area contributed by atoms with Crippen molar-refractivity contribution < 1.29 is 14.4 Å². The van der Waals surface area contributed by atoms with Crippen LogP contribution in [0.5, 0.6) is 0 Å². The average molecular weight is 385 g/mol. The first kappa shape index (κ1) is 18.6. The number of imide groups is 1. The zero-order chi connectivity index (χ0) is 20.5. The third-order valence-electron chi connectivity index (χ3n) is 4.96. The Bertz CT molecular complexity index is 1140. The molecule has 3 aromatic rings. The summed E-state index contributed by atoms with van der Waals surface area (Å²) < 4.78 is 0. The van der Waals surface area contributed by atoms with Gasteiger partial charge in [-0.25, -0.2) is 0 Å². The van der Waals surface area contributed by atoms with Crippen molar-refractivity contribution in [2.75, 3.05) is 5.32 Å². The molecule has 0 aliphatic carbocycles. The maximum absolute atomic E-state index is 12.8. The number of fused-ring (bicyclic) bond motifs is 1. The number of carbonyl (C=O) groups excluding carboxylic acids is 3. The number of rotatable bonds is 4. The van der Waals surface area contributed by atoms with Crippen molar-refractivity contribution in [1.29, 1.82) is 0 Å². The number of benzene rings is 2. The number of carbonyl (C=O) groups is 3. The number of amides is 3. The predicted octanol–water partition coefficient (Wildman–Crippen LogP) is 3.75. The van der Waals surface area contributed by atoms with Gasteiger partial charge in [0.2, 0.25) is 0 Å². The molecule has 0 saturated carbocycles. The van der Waals surface area contributed by atoms with E-state index >= 15 is 0 Å². The van der Waals surface area contributed by atoms with E-state index in [4.69, 9.17) is 0 Å². The van der Waals surface area contributed by atoms with Crippen LogP contribution in [0, 0.1) is 13.8 Å². The summed E-state index contributed by atoms with van der Waals surface area (Å²) in [6.45, 7) is 4.03. The lowest BCUT2D eigenvalue weighted by molar-refractivity contribution is 0.0642. The fourth-order valence-electron chi connectivity index (χ4n) is 3.31. The molecule has 1 aliphatic heterocycles. The Morgan fingerprint density at radius 3 is 2.41 bits per heavy atom. The molecule has 2 heterocycles. The number of nitrogens with zero attached hydrogens (tertiary/aromatic N) is 2. The first-order chi connectivity index (χ1) is 13.9. The van der Waals surface area contributed by atoms with Crippen LogP contribution in [0.4, 0.5) is 5.69 Å². The van der Waals surface area contributed by atoms with Crippen LogP contribution in [-0.4, -0.2) is 27.6 Å². The molecule has 6 heteroatoms. The summed E-state index contributed by atoms with van der Waals surface area (Å²) in [5.41, 5.74) is 4.40. The average Bonchev–Trinajstić information content (AvgIpc) is 2.96. The van der Waals surface area contributed by atoms with E-state index in [1.54, 1.807) is 36.7 Å². The Labute approximate surface area is 168 Å². The molecule has 6 nitrogen and oxygen atoms in total. The predicted molar refractivity (Wildman–Crippen MR) is 109 cm³/mol. The normalized spacial score (nSPS) is 12.8. The monoisotopic (exact) mass is 385 g/mol. The van der Waals surface area contributed by atoms with Crippen LogP contribution >= 0.6 is 0 Å². The summed E-state index contributed by atoms with van der Waals surface area (Å²) >= 11 is 0. The van der Waals surface area contributed by atoms with Crippen LogP contribution in [0.3, 0.4) is 0 Å². The molecule has 29 heavy (non-hydrogen) atoms. The van der Waals surface area contributed by atoms with Crippen molar-refractivity contribution in [2.45, 2.75) is 20.4 Å². The summed E-state index contributed by atoms with van der Waals surface area (Å²) in [5, 5.41) is 2.88. The fourth-order valence-corrected chi connectivity index (χ4v) is 3.31. The van der Waals surface area contributed by atoms with Gasteiger partial charge < -0.3 is 5.32 Å². The quantitative estimate of drug-likeness (QED) is 0.694. The fraction of sp³-hybridized carbons (Fsp3) is 0.130. The molecule has 1 aromatic heterocycles. The van der Waals surface area contributed by atoms with Crippen LogP contribution in [0.2, 0.25) is 0 Å². The van der Waals surface area contributed by atoms with Gasteiger partial charge >= 0.3 is 0 Å². The number of pyridine rings is 1. The molecule has 0 spiro atoms. The van der Waals surface area contributed by atoms with Crippen LogP contribution in [0.25, 0.3) is 0 Å². The third kappa shape index (κ3) is 3.52. The molecule has 4 rings (SSSR count). The topological polar surface area (TPSA) is 79.4 Å². The summed E-state index contributed by atoms with van der Waals surface area (Å²) in [6, 6.07) is 13.9. The minimum atomic E-state index is -0.400. The minimum Gasteiger partial charge on any atom is -0.322 e. The maximum Gasteiger partial charge on any atom is 0.261 e. The second kappa shape index (κ2) is 7.31. The number of hydrogen-bond acceptors (Lipinski definition) is 4. The van der Waals surface area contributed by atoms with Gasteiger partial charge in [0.1, 0.15) is 0 Å². The number of nitrogens with one attached hydrogen (secondary N) is 1. The first-order valence-electron chi connectivity index (χ1n) is 9.22. The Kier molecular flexibility index (Phi) is 4.68. The van der Waals surface area contributed by atoms with Gasteiger partial charge in [0.15, 0.2) is 0 Å². The zero-order valence-electron chi connectivity index (χ0n) is 16.1. The van der Waals surface area contributed by atoms with Crippen LogP contribution in [0.1, 0.15) is 47.8 Å². The summed E-state index contributed by atoms with van der Waals surface area (Å²) in [4.78, 5) is 43.3. The Balaban J connectivity index is 1.58. The van der Waals surface area contributed by atoms with E-state index in [-0.39, 0.29) is 23.9 Å². The van der Waals surface area contributed by atoms with E-state index in [1.165, 1.54) is 11.0 Å². The highest BCUT2D eigenvalue weighted by atomic mass is 16.2. The van der Waals surface area contributed by atoms with E-state index in [2.05, 4.69) is 10.3 Å². The van der Waals surface area contributed by atoms with Crippen molar-refractivity contribution in [3.05, 3.63) is 94.3 Å². The summed E-state index contributed by atoms with van der Waals surface area (Å²) in [6.07, 6.45) is 3.23. The van der Waals surface area contributed by atoms with Gasteiger partial charge in [-0.15, -0.1) is 0 Å². The van der Waals surface area contributed by atoms with Crippen molar-refractivity contribution in [1.82, 2.24) is 9.88 Å². The van der Waals surface area contributed by atoms with Crippen molar-refractivity contribution in [3.63, 3.8) is 0 Å². The lowest BCUT2D eigenvalue weighted by Crippen LogP contribution is -2.29. The Hall–Kier alpha value is -3.80. The molecule has 0 radical (unpaired) electrons.